The maximum absolute atomic E-state index is 13.8. The van der Waals surface area contributed by atoms with E-state index >= 15 is 0 Å². The van der Waals surface area contributed by atoms with Crippen molar-refractivity contribution in [3.05, 3.63) is 58.1 Å². The van der Waals surface area contributed by atoms with Gasteiger partial charge in [-0.3, -0.25) is 5.41 Å². The van der Waals surface area contributed by atoms with Gasteiger partial charge in [-0.25, -0.2) is 22.3 Å². The van der Waals surface area contributed by atoms with Crippen LogP contribution < -0.4 is 15.8 Å². The summed E-state index contributed by atoms with van der Waals surface area (Å²) in [5.41, 5.74) is 8.67. The number of carboxylic acids is 1. The van der Waals surface area contributed by atoms with Crippen LogP contribution in [0.4, 0.5) is 4.79 Å². The highest BCUT2D eigenvalue weighted by atomic mass is 32.2. The SMILES string of the molecule is Cc1c(C)c(S(=O)(=O)N(CCCC(NC(=O)OCc2ccccc2)C(=O)O)C(=N)N)c(C)c2c1OC(C)(C)CC2. The van der Waals surface area contributed by atoms with Crippen molar-refractivity contribution in [3.63, 3.8) is 0 Å². The maximum atomic E-state index is 13.8. The van der Waals surface area contributed by atoms with Gasteiger partial charge in [-0.15, -0.1) is 0 Å². The second-order valence-corrected chi connectivity index (χ2v) is 12.4. The first kappa shape index (κ1) is 30.7. The summed E-state index contributed by atoms with van der Waals surface area (Å²) in [6.45, 7) is 8.94. The zero-order valence-corrected chi connectivity index (χ0v) is 24.4. The number of benzene rings is 2. The first-order chi connectivity index (χ1) is 18.7. The Balaban J connectivity index is 1.75. The molecule has 2 aromatic carbocycles. The third kappa shape index (κ3) is 6.85. The van der Waals surface area contributed by atoms with E-state index in [9.17, 15) is 23.1 Å². The Morgan fingerprint density at radius 1 is 1.18 bits per heavy atom. The quantitative estimate of drug-likeness (QED) is 0.245. The molecular formula is C28H38N4O7S. The van der Waals surface area contributed by atoms with Gasteiger partial charge in [0, 0.05) is 6.54 Å². The third-order valence-electron chi connectivity index (χ3n) is 7.14. The number of carbonyl (C=O) groups excluding carboxylic acids is 1. The number of carboxylic acid groups (broad SMARTS) is 1. The number of amides is 1. The Morgan fingerprint density at radius 2 is 1.82 bits per heavy atom. The molecule has 0 saturated carbocycles. The predicted molar refractivity (Wildman–Crippen MR) is 150 cm³/mol. The van der Waals surface area contributed by atoms with Crippen LogP contribution in [0, 0.1) is 26.2 Å². The highest BCUT2D eigenvalue weighted by Gasteiger charge is 2.36. The number of nitrogens with one attached hydrogen (secondary N) is 2. The Bertz CT molecular complexity index is 1390. The van der Waals surface area contributed by atoms with Crippen LogP contribution in [0.1, 0.15) is 60.9 Å². The number of guanidine groups is 1. The van der Waals surface area contributed by atoms with Crippen LogP contribution in [0.15, 0.2) is 35.2 Å². The summed E-state index contributed by atoms with van der Waals surface area (Å²) in [6, 6.07) is 7.59. The fourth-order valence-electron chi connectivity index (χ4n) is 4.82. The average molecular weight is 575 g/mol. The zero-order valence-electron chi connectivity index (χ0n) is 23.5. The molecule has 1 atom stereocenters. The van der Waals surface area contributed by atoms with E-state index in [0.29, 0.717) is 28.9 Å². The molecule has 2 aromatic rings. The maximum Gasteiger partial charge on any atom is 0.408 e. The summed E-state index contributed by atoms with van der Waals surface area (Å²) in [5, 5.41) is 19.9. The Kier molecular flexibility index (Phi) is 9.34. The average Bonchev–Trinajstić information content (AvgIpc) is 2.87. The summed E-state index contributed by atoms with van der Waals surface area (Å²) >= 11 is 0. The summed E-state index contributed by atoms with van der Waals surface area (Å²) in [7, 11) is -4.26. The lowest BCUT2D eigenvalue weighted by Gasteiger charge is -2.36. The molecule has 1 unspecified atom stereocenters. The minimum Gasteiger partial charge on any atom is -0.487 e. The molecular weight excluding hydrogens is 536 g/mol. The van der Waals surface area contributed by atoms with E-state index in [4.69, 9.17) is 20.6 Å². The number of rotatable bonds is 10. The molecule has 11 nitrogen and oxygen atoms in total. The van der Waals surface area contributed by atoms with E-state index in [1.54, 1.807) is 38.1 Å². The molecule has 5 N–H and O–H groups in total. The second kappa shape index (κ2) is 12.2. The first-order valence-corrected chi connectivity index (χ1v) is 14.5. The number of nitrogens with two attached hydrogens (primary N) is 1. The molecule has 3 rings (SSSR count). The van der Waals surface area contributed by atoms with E-state index < -0.39 is 34.1 Å². The Morgan fingerprint density at radius 3 is 2.42 bits per heavy atom. The van der Waals surface area contributed by atoms with Crippen LogP contribution >= 0.6 is 0 Å². The van der Waals surface area contributed by atoms with Gasteiger partial charge in [-0.05, 0) is 88.1 Å². The molecule has 1 aliphatic heterocycles. The van der Waals surface area contributed by atoms with Crippen LogP contribution in [-0.4, -0.2) is 54.0 Å². The number of fused-ring (bicyclic) bond motifs is 1. The minimum atomic E-state index is -4.26. The number of sulfonamides is 1. The van der Waals surface area contributed by atoms with Crippen molar-refractivity contribution >= 4 is 28.0 Å². The van der Waals surface area contributed by atoms with Crippen molar-refractivity contribution in [2.75, 3.05) is 6.54 Å². The normalized spacial score (nSPS) is 14.8. The molecule has 40 heavy (non-hydrogen) atoms. The Labute approximate surface area is 235 Å². The van der Waals surface area contributed by atoms with Gasteiger partial charge in [-0.2, -0.15) is 0 Å². The lowest BCUT2D eigenvalue weighted by atomic mass is 9.88. The van der Waals surface area contributed by atoms with Crippen molar-refractivity contribution in [3.8, 4) is 5.75 Å². The van der Waals surface area contributed by atoms with Crippen molar-refractivity contribution in [2.45, 2.75) is 83.4 Å². The smallest absolute Gasteiger partial charge is 0.408 e. The molecule has 0 aromatic heterocycles. The highest BCUT2D eigenvalue weighted by molar-refractivity contribution is 7.89. The number of ether oxygens (including phenoxy) is 2. The monoisotopic (exact) mass is 574 g/mol. The van der Waals surface area contributed by atoms with Gasteiger partial charge in [-0.1, -0.05) is 30.3 Å². The third-order valence-corrected chi connectivity index (χ3v) is 9.23. The summed E-state index contributed by atoms with van der Waals surface area (Å²) in [4.78, 5) is 24.0. The molecule has 1 heterocycles. The van der Waals surface area contributed by atoms with E-state index in [1.807, 2.05) is 26.8 Å². The van der Waals surface area contributed by atoms with E-state index in [-0.39, 0.29) is 36.5 Å². The molecule has 0 bridgehead atoms. The predicted octanol–water partition coefficient (Wildman–Crippen LogP) is 3.76. The lowest BCUT2D eigenvalue weighted by molar-refractivity contribution is -0.139. The number of hydrogen-bond donors (Lipinski definition) is 4. The number of alkyl carbamates (subject to hydrolysis) is 1. The van der Waals surface area contributed by atoms with E-state index in [1.165, 1.54) is 0 Å². The first-order valence-electron chi connectivity index (χ1n) is 13.0. The Hall–Kier alpha value is -3.80. The van der Waals surface area contributed by atoms with Gasteiger partial charge >= 0.3 is 12.1 Å². The topological polar surface area (TPSA) is 172 Å². The van der Waals surface area contributed by atoms with Crippen LogP contribution in [0.2, 0.25) is 0 Å². The van der Waals surface area contributed by atoms with Gasteiger partial charge in [0.1, 0.15) is 24.0 Å². The number of aliphatic carboxylic acids is 1. The van der Waals surface area contributed by atoms with Crippen molar-refractivity contribution in [1.29, 1.82) is 5.41 Å². The van der Waals surface area contributed by atoms with Gasteiger partial charge in [0.25, 0.3) is 10.0 Å². The van der Waals surface area contributed by atoms with Gasteiger partial charge in [0.15, 0.2) is 0 Å². The van der Waals surface area contributed by atoms with Crippen molar-refractivity contribution < 1.29 is 32.6 Å². The molecule has 0 aliphatic carbocycles. The van der Waals surface area contributed by atoms with Crippen molar-refractivity contribution in [2.24, 2.45) is 5.73 Å². The van der Waals surface area contributed by atoms with Crippen molar-refractivity contribution in [1.82, 2.24) is 9.62 Å². The minimum absolute atomic E-state index is 0.00800. The molecule has 218 valence electrons. The van der Waals surface area contributed by atoms with Crippen LogP contribution in [0.5, 0.6) is 5.75 Å². The molecule has 1 aliphatic rings. The zero-order chi connectivity index (χ0) is 29.8. The summed E-state index contributed by atoms with van der Waals surface area (Å²) in [5.74, 6) is -1.29. The summed E-state index contributed by atoms with van der Waals surface area (Å²) < 4.78 is 39.8. The molecule has 0 spiro atoms. The molecule has 1 amide bonds. The van der Waals surface area contributed by atoms with Crippen LogP contribution in [0.25, 0.3) is 0 Å². The van der Waals surface area contributed by atoms with Gasteiger partial charge in [0.05, 0.1) is 4.90 Å². The standard InChI is InChI=1S/C28H38N4O7S/c1-17-18(2)24(19(3)21-13-14-28(4,5)39-23(17)21)40(36,37)32(26(29)30)15-9-12-22(25(33)34)31-27(35)38-16-20-10-7-6-8-11-20/h6-8,10-11,22H,9,12-16H2,1-5H3,(H3,29,30)(H,31,35)(H,33,34). The van der Waals surface area contributed by atoms with Gasteiger partial charge in [0.2, 0.25) is 5.96 Å². The number of nitrogens with zero attached hydrogens (tertiary/aromatic N) is 1. The largest absolute Gasteiger partial charge is 0.487 e. The molecule has 12 heteroatoms. The van der Waals surface area contributed by atoms with Crippen LogP contribution in [0.3, 0.4) is 0 Å². The molecule has 0 fully saturated rings. The van der Waals surface area contributed by atoms with Crippen LogP contribution in [-0.2, 0) is 32.6 Å². The van der Waals surface area contributed by atoms with Gasteiger partial charge < -0.3 is 25.6 Å². The summed E-state index contributed by atoms with van der Waals surface area (Å²) in [6.07, 6.45) is 0.349. The number of carbonyl (C=O) groups is 2. The second-order valence-electron chi connectivity index (χ2n) is 10.6. The fourth-order valence-corrected chi connectivity index (χ4v) is 6.72. The highest BCUT2D eigenvalue weighted by Crippen LogP contribution is 2.42. The number of hydrogen-bond acceptors (Lipinski definition) is 7. The lowest BCUT2D eigenvalue weighted by Crippen LogP contribution is -2.44. The fraction of sp³-hybridized carbons (Fsp3) is 0.464. The van der Waals surface area contributed by atoms with E-state index in [2.05, 4.69) is 5.32 Å². The molecule has 0 saturated heterocycles. The molecule has 0 radical (unpaired) electrons. The van der Waals surface area contributed by atoms with E-state index in [0.717, 1.165) is 21.9 Å².